The summed E-state index contributed by atoms with van der Waals surface area (Å²) in [4.78, 5) is 3.90. The molecule has 1 fully saturated rings. The quantitative estimate of drug-likeness (QED) is 0.786. The van der Waals surface area contributed by atoms with Gasteiger partial charge in [-0.15, -0.1) is 0 Å². The van der Waals surface area contributed by atoms with Gasteiger partial charge in [-0.25, -0.2) is 4.39 Å². The van der Waals surface area contributed by atoms with E-state index in [-0.39, 0.29) is 11.6 Å². The summed E-state index contributed by atoms with van der Waals surface area (Å²) in [5.41, 5.74) is 0.208. The highest BCUT2D eigenvalue weighted by Gasteiger charge is 2.27. The average Bonchev–Trinajstić information content (AvgIpc) is 2.70. The van der Waals surface area contributed by atoms with Crippen molar-refractivity contribution < 1.29 is 9.50 Å². The second-order valence-electron chi connectivity index (χ2n) is 3.86. The number of aromatic nitrogens is 1. The van der Waals surface area contributed by atoms with E-state index < -0.39 is 11.9 Å². The minimum atomic E-state index is -0.723. The molecule has 2 rings (SSSR count). The van der Waals surface area contributed by atoms with Crippen molar-refractivity contribution in [1.82, 2.24) is 4.98 Å². The third-order valence-electron chi connectivity index (χ3n) is 2.91. The maximum absolute atomic E-state index is 13.3. The van der Waals surface area contributed by atoms with E-state index in [0.29, 0.717) is 0 Å². The van der Waals surface area contributed by atoms with Crippen molar-refractivity contribution in [2.45, 2.75) is 31.8 Å². The van der Waals surface area contributed by atoms with Crippen LogP contribution in [-0.2, 0) is 0 Å². The summed E-state index contributed by atoms with van der Waals surface area (Å²) in [5, 5.41) is 9.90. The molecule has 1 aliphatic carbocycles. The van der Waals surface area contributed by atoms with Crippen molar-refractivity contribution in [1.29, 1.82) is 0 Å². The first-order valence-corrected chi connectivity index (χ1v) is 5.07. The molecule has 0 amide bonds. The van der Waals surface area contributed by atoms with Crippen molar-refractivity contribution in [3.8, 4) is 0 Å². The fraction of sp³-hybridized carbons (Fsp3) is 0.545. The number of aliphatic hydroxyl groups is 1. The normalized spacial score (nSPS) is 19.9. The maximum atomic E-state index is 13.3. The van der Waals surface area contributed by atoms with E-state index >= 15 is 0 Å². The Morgan fingerprint density at radius 3 is 2.79 bits per heavy atom. The Kier molecular flexibility index (Phi) is 2.77. The zero-order valence-corrected chi connectivity index (χ0v) is 7.99. The summed E-state index contributed by atoms with van der Waals surface area (Å²) in [6.45, 7) is 0. The molecule has 0 radical (unpaired) electrons. The molecule has 1 N–H and O–H groups in total. The number of nitrogens with zero attached hydrogens (tertiary/aromatic N) is 1. The maximum Gasteiger partial charge on any atom is 0.147 e. The van der Waals surface area contributed by atoms with E-state index in [1.54, 1.807) is 6.07 Å². The van der Waals surface area contributed by atoms with Gasteiger partial charge in [0.2, 0.25) is 0 Å². The van der Waals surface area contributed by atoms with E-state index in [1.807, 2.05) is 0 Å². The van der Waals surface area contributed by atoms with Crippen LogP contribution in [0.1, 0.15) is 37.5 Å². The third kappa shape index (κ3) is 1.77. The standard InChI is InChI=1S/C11H14FNO/c12-9-6-3-7-13-10(9)11(14)8-4-1-2-5-8/h3,6-8,11,14H,1-2,4-5H2. The minimum Gasteiger partial charge on any atom is -0.386 e. The third-order valence-corrected chi connectivity index (χ3v) is 2.91. The van der Waals surface area contributed by atoms with E-state index in [2.05, 4.69) is 4.98 Å². The molecular formula is C11H14FNO. The summed E-state index contributed by atoms with van der Waals surface area (Å²) in [7, 11) is 0. The van der Waals surface area contributed by atoms with Gasteiger partial charge in [-0.1, -0.05) is 12.8 Å². The molecule has 1 aromatic rings. The van der Waals surface area contributed by atoms with E-state index in [1.165, 1.54) is 12.3 Å². The van der Waals surface area contributed by atoms with Crippen LogP contribution in [0.3, 0.4) is 0 Å². The minimum absolute atomic E-state index is 0.194. The molecule has 1 saturated carbocycles. The SMILES string of the molecule is OC(c1ncccc1F)C1CCCC1. The molecule has 14 heavy (non-hydrogen) atoms. The topological polar surface area (TPSA) is 33.1 Å². The van der Waals surface area contributed by atoms with Gasteiger partial charge >= 0.3 is 0 Å². The lowest BCUT2D eigenvalue weighted by Gasteiger charge is -2.17. The van der Waals surface area contributed by atoms with Crippen molar-refractivity contribution >= 4 is 0 Å². The molecule has 1 atom stereocenters. The number of halogens is 1. The zero-order valence-electron chi connectivity index (χ0n) is 7.99. The Labute approximate surface area is 82.8 Å². The molecule has 0 spiro atoms. The van der Waals surface area contributed by atoms with Crippen molar-refractivity contribution in [2.24, 2.45) is 5.92 Å². The molecule has 0 aliphatic heterocycles. The highest BCUT2D eigenvalue weighted by molar-refractivity contribution is 5.11. The second kappa shape index (κ2) is 4.05. The van der Waals surface area contributed by atoms with Gasteiger partial charge in [-0.2, -0.15) is 0 Å². The van der Waals surface area contributed by atoms with Gasteiger partial charge in [0.25, 0.3) is 0 Å². The van der Waals surface area contributed by atoms with Crippen LogP contribution in [0.25, 0.3) is 0 Å². The Morgan fingerprint density at radius 2 is 2.14 bits per heavy atom. The van der Waals surface area contributed by atoms with Crippen LogP contribution >= 0.6 is 0 Å². The summed E-state index contributed by atoms with van der Waals surface area (Å²) in [6.07, 6.45) is 5.04. The van der Waals surface area contributed by atoms with Gasteiger partial charge in [0, 0.05) is 6.20 Å². The van der Waals surface area contributed by atoms with Crippen molar-refractivity contribution in [3.05, 3.63) is 29.8 Å². The molecule has 1 aromatic heterocycles. The average molecular weight is 195 g/mol. The number of hydrogen-bond acceptors (Lipinski definition) is 2. The number of aliphatic hydroxyl groups excluding tert-OH is 1. The van der Waals surface area contributed by atoms with Gasteiger partial charge in [0.1, 0.15) is 17.6 Å². The van der Waals surface area contributed by atoms with Crippen LogP contribution in [0.5, 0.6) is 0 Å². The monoisotopic (exact) mass is 195 g/mol. The summed E-state index contributed by atoms with van der Waals surface area (Å²) in [5.74, 6) is -0.202. The van der Waals surface area contributed by atoms with Crippen LogP contribution in [0.4, 0.5) is 4.39 Å². The predicted octanol–water partition coefficient (Wildman–Crippen LogP) is 2.44. The van der Waals surface area contributed by atoms with E-state index in [9.17, 15) is 9.50 Å². The largest absolute Gasteiger partial charge is 0.386 e. The summed E-state index contributed by atoms with van der Waals surface area (Å²) < 4.78 is 13.3. The molecule has 1 heterocycles. The Hall–Kier alpha value is -0.960. The molecular weight excluding hydrogens is 181 g/mol. The molecule has 1 unspecified atom stereocenters. The Bertz CT molecular complexity index is 310. The first-order valence-electron chi connectivity index (χ1n) is 5.07. The van der Waals surface area contributed by atoms with E-state index in [0.717, 1.165) is 25.7 Å². The first-order chi connectivity index (χ1) is 6.79. The van der Waals surface area contributed by atoms with Crippen LogP contribution in [-0.4, -0.2) is 10.1 Å². The molecule has 0 aromatic carbocycles. The van der Waals surface area contributed by atoms with Gasteiger partial charge < -0.3 is 5.11 Å². The molecule has 1 aliphatic rings. The lowest BCUT2D eigenvalue weighted by atomic mass is 9.98. The first kappa shape index (κ1) is 9.59. The van der Waals surface area contributed by atoms with Gasteiger partial charge in [-0.3, -0.25) is 4.98 Å². The number of pyridine rings is 1. The molecule has 0 bridgehead atoms. The Morgan fingerprint density at radius 1 is 1.43 bits per heavy atom. The van der Waals surface area contributed by atoms with Crippen LogP contribution in [0.15, 0.2) is 18.3 Å². The summed E-state index contributed by atoms with van der Waals surface area (Å²) in [6, 6.07) is 2.89. The van der Waals surface area contributed by atoms with Crippen LogP contribution in [0.2, 0.25) is 0 Å². The van der Waals surface area contributed by atoms with E-state index in [4.69, 9.17) is 0 Å². The zero-order chi connectivity index (χ0) is 9.97. The van der Waals surface area contributed by atoms with Gasteiger partial charge in [0.05, 0.1) is 0 Å². The van der Waals surface area contributed by atoms with Crippen LogP contribution < -0.4 is 0 Å². The fourth-order valence-electron chi connectivity index (χ4n) is 2.11. The number of rotatable bonds is 2. The second-order valence-corrected chi connectivity index (χ2v) is 3.86. The predicted molar refractivity (Wildman–Crippen MR) is 51.1 cm³/mol. The summed E-state index contributed by atoms with van der Waals surface area (Å²) >= 11 is 0. The molecule has 0 saturated heterocycles. The lowest BCUT2D eigenvalue weighted by molar-refractivity contribution is 0.103. The number of hydrogen-bond donors (Lipinski definition) is 1. The van der Waals surface area contributed by atoms with Gasteiger partial charge in [0.15, 0.2) is 0 Å². The fourth-order valence-corrected chi connectivity index (χ4v) is 2.11. The smallest absolute Gasteiger partial charge is 0.147 e. The molecule has 2 nitrogen and oxygen atoms in total. The molecule has 3 heteroatoms. The lowest BCUT2D eigenvalue weighted by Crippen LogP contribution is -2.12. The van der Waals surface area contributed by atoms with Crippen molar-refractivity contribution in [2.75, 3.05) is 0 Å². The van der Waals surface area contributed by atoms with Gasteiger partial charge in [-0.05, 0) is 30.9 Å². The highest BCUT2D eigenvalue weighted by atomic mass is 19.1. The molecule has 76 valence electrons. The van der Waals surface area contributed by atoms with Crippen LogP contribution in [0, 0.1) is 11.7 Å². The van der Waals surface area contributed by atoms with Crippen molar-refractivity contribution in [3.63, 3.8) is 0 Å². The Balaban J connectivity index is 2.17. The highest BCUT2D eigenvalue weighted by Crippen LogP contribution is 2.35.